The molecule has 6 heteroatoms. The fraction of sp³-hybridized carbons (Fsp3) is 0.600. The van der Waals surface area contributed by atoms with E-state index in [-0.39, 0.29) is 11.5 Å². The maximum atomic E-state index is 11.7. The Kier molecular flexibility index (Phi) is 8.99. The van der Waals surface area contributed by atoms with E-state index in [0.717, 1.165) is 18.0 Å². The van der Waals surface area contributed by atoms with Crippen molar-refractivity contribution in [3.05, 3.63) is 29.8 Å². The van der Waals surface area contributed by atoms with E-state index in [1.165, 1.54) is 5.56 Å². The Morgan fingerprint density at radius 1 is 1.29 bits per heavy atom. The number of methoxy groups -OCH3 is 1. The first-order chi connectivity index (χ1) is 10.1. The highest BCUT2D eigenvalue weighted by Crippen LogP contribution is 2.19. The van der Waals surface area contributed by atoms with E-state index < -0.39 is 9.84 Å². The predicted molar refractivity (Wildman–Crippen MR) is 89.7 cm³/mol. The molecule has 0 saturated carbocycles. The molecule has 1 rings (SSSR count). The molecule has 1 aromatic carbocycles. The zero-order valence-electron chi connectivity index (χ0n) is 12.8. The molecule has 0 aliphatic rings. The predicted octanol–water partition coefficient (Wildman–Crippen LogP) is 2.34. The molecule has 0 saturated heterocycles. The van der Waals surface area contributed by atoms with Gasteiger partial charge >= 0.3 is 0 Å². The van der Waals surface area contributed by atoms with Crippen molar-refractivity contribution >= 4 is 21.6 Å². The second kappa shape index (κ2) is 10.2. The lowest BCUT2D eigenvalue weighted by molar-refractivity contribution is 0.199. The Balaban J connectivity index is 2.38. The van der Waals surface area contributed by atoms with Gasteiger partial charge in [0.25, 0.3) is 0 Å². The third-order valence-corrected chi connectivity index (χ3v) is 6.00. The van der Waals surface area contributed by atoms with E-state index in [1.54, 1.807) is 18.9 Å². The Labute approximate surface area is 132 Å². The van der Waals surface area contributed by atoms with Gasteiger partial charge in [0.05, 0.1) is 12.4 Å². The van der Waals surface area contributed by atoms with Gasteiger partial charge in [-0.1, -0.05) is 19.1 Å². The molecule has 0 unspecified atom stereocenters. The largest absolute Gasteiger partial charge is 0.383 e. The summed E-state index contributed by atoms with van der Waals surface area (Å²) in [5, 5.41) is 3.30. The highest BCUT2D eigenvalue weighted by Gasteiger charge is 2.09. The van der Waals surface area contributed by atoms with Gasteiger partial charge in [-0.25, -0.2) is 8.42 Å². The smallest absolute Gasteiger partial charge is 0.151 e. The van der Waals surface area contributed by atoms with Gasteiger partial charge in [0.15, 0.2) is 9.84 Å². The van der Waals surface area contributed by atoms with E-state index in [2.05, 4.69) is 17.4 Å². The van der Waals surface area contributed by atoms with E-state index >= 15 is 0 Å². The van der Waals surface area contributed by atoms with Crippen molar-refractivity contribution in [3.63, 3.8) is 0 Å². The van der Waals surface area contributed by atoms with Crippen molar-refractivity contribution in [2.24, 2.45) is 0 Å². The Hall–Kier alpha value is -0.560. The standard InChI is InChI=1S/C15H25NO3S2/c1-3-10-21(17,18)11-9-20-15-6-4-5-14(12-15)13-16-7-8-19-2/h4-6,12,16H,3,7-11,13H2,1-2H3. The van der Waals surface area contributed by atoms with Gasteiger partial charge in [-0.2, -0.15) is 0 Å². The lowest BCUT2D eigenvalue weighted by Crippen LogP contribution is -2.18. The summed E-state index contributed by atoms with van der Waals surface area (Å²) in [6, 6.07) is 8.21. The molecule has 4 nitrogen and oxygen atoms in total. The third kappa shape index (κ3) is 8.46. The van der Waals surface area contributed by atoms with E-state index in [1.807, 2.05) is 19.1 Å². The summed E-state index contributed by atoms with van der Waals surface area (Å²) in [6.45, 7) is 4.21. The van der Waals surface area contributed by atoms with E-state index in [0.29, 0.717) is 18.8 Å². The Morgan fingerprint density at radius 3 is 2.81 bits per heavy atom. The summed E-state index contributed by atoms with van der Waals surface area (Å²) >= 11 is 1.60. The molecular formula is C15H25NO3S2. The summed E-state index contributed by atoms with van der Waals surface area (Å²) in [5.41, 5.74) is 1.20. The Bertz CT molecular complexity index is 503. The summed E-state index contributed by atoms with van der Waals surface area (Å²) in [7, 11) is -1.19. The molecule has 21 heavy (non-hydrogen) atoms. The molecule has 0 aliphatic carbocycles. The minimum absolute atomic E-state index is 0.252. The van der Waals surface area contributed by atoms with Crippen LogP contribution in [0.25, 0.3) is 0 Å². The van der Waals surface area contributed by atoms with Gasteiger partial charge in [0, 0.05) is 36.6 Å². The average Bonchev–Trinajstić information content (AvgIpc) is 2.44. The second-order valence-corrected chi connectivity index (χ2v) is 8.29. The van der Waals surface area contributed by atoms with Crippen LogP contribution in [0.15, 0.2) is 29.2 Å². The molecule has 1 N–H and O–H groups in total. The Morgan fingerprint density at radius 2 is 2.10 bits per heavy atom. The van der Waals surface area contributed by atoms with Crippen LogP contribution in [0, 0.1) is 0 Å². The average molecular weight is 332 g/mol. The normalized spacial score (nSPS) is 11.7. The lowest BCUT2D eigenvalue weighted by atomic mass is 10.2. The molecule has 0 heterocycles. The molecular weight excluding hydrogens is 306 g/mol. The van der Waals surface area contributed by atoms with E-state index in [9.17, 15) is 8.42 Å². The van der Waals surface area contributed by atoms with Crippen LogP contribution in [0.2, 0.25) is 0 Å². The number of nitrogens with one attached hydrogen (secondary N) is 1. The zero-order chi connectivity index (χ0) is 15.6. The molecule has 0 spiro atoms. The van der Waals surface area contributed by atoms with Crippen molar-refractivity contribution in [3.8, 4) is 0 Å². The first-order valence-corrected chi connectivity index (χ1v) is 10.00. The van der Waals surface area contributed by atoms with Gasteiger partial charge in [0.1, 0.15) is 0 Å². The van der Waals surface area contributed by atoms with Gasteiger partial charge < -0.3 is 10.1 Å². The van der Waals surface area contributed by atoms with Gasteiger partial charge in [-0.05, 0) is 24.1 Å². The third-order valence-electron chi connectivity index (χ3n) is 2.89. The maximum absolute atomic E-state index is 11.7. The molecule has 120 valence electrons. The van der Waals surface area contributed by atoms with Gasteiger partial charge in [0.2, 0.25) is 0 Å². The van der Waals surface area contributed by atoms with Crippen LogP contribution in [0.4, 0.5) is 0 Å². The molecule has 1 aromatic rings. The van der Waals surface area contributed by atoms with Crippen molar-refractivity contribution in [2.75, 3.05) is 37.5 Å². The van der Waals surface area contributed by atoms with Crippen molar-refractivity contribution in [1.29, 1.82) is 0 Å². The number of sulfone groups is 1. The minimum Gasteiger partial charge on any atom is -0.383 e. The molecule has 0 fully saturated rings. The van der Waals surface area contributed by atoms with Crippen LogP contribution in [0.3, 0.4) is 0 Å². The highest BCUT2D eigenvalue weighted by atomic mass is 32.2. The van der Waals surface area contributed by atoms with Crippen LogP contribution in [0.1, 0.15) is 18.9 Å². The lowest BCUT2D eigenvalue weighted by Gasteiger charge is -2.07. The van der Waals surface area contributed by atoms with Gasteiger partial charge in [-0.15, -0.1) is 11.8 Å². The number of rotatable bonds is 11. The van der Waals surface area contributed by atoms with Gasteiger partial charge in [-0.3, -0.25) is 0 Å². The SMILES string of the molecule is CCCS(=O)(=O)CCSc1cccc(CNCCOC)c1. The first-order valence-electron chi connectivity index (χ1n) is 7.19. The van der Waals surface area contributed by atoms with Crippen LogP contribution in [0.5, 0.6) is 0 Å². The monoisotopic (exact) mass is 331 g/mol. The molecule has 0 radical (unpaired) electrons. The number of benzene rings is 1. The number of hydrogen-bond acceptors (Lipinski definition) is 5. The maximum Gasteiger partial charge on any atom is 0.151 e. The number of ether oxygens (including phenoxy) is 1. The van der Waals surface area contributed by atoms with Crippen molar-refractivity contribution < 1.29 is 13.2 Å². The van der Waals surface area contributed by atoms with Crippen molar-refractivity contribution in [1.82, 2.24) is 5.32 Å². The fourth-order valence-corrected chi connectivity index (χ4v) is 4.67. The minimum atomic E-state index is -2.88. The van der Waals surface area contributed by atoms with Crippen LogP contribution < -0.4 is 5.32 Å². The summed E-state index contributed by atoms with van der Waals surface area (Å²) in [6.07, 6.45) is 0.690. The van der Waals surface area contributed by atoms with Crippen LogP contribution in [-0.2, 0) is 21.1 Å². The molecule has 0 amide bonds. The van der Waals surface area contributed by atoms with E-state index in [4.69, 9.17) is 4.74 Å². The summed E-state index contributed by atoms with van der Waals surface area (Å²) < 4.78 is 28.3. The first kappa shape index (κ1) is 18.5. The molecule has 0 aliphatic heterocycles. The van der Waals surface area contributed by atoms with Crippen molar-refractivity contribution in [2.45, 2.75) is 24.8 Å². The molecule has 0 aromatic heterocycles. The highest BCUT2D eigenvalue weighted by molar-refractivity contribution is 8.00. The van der Waals surface area contributed by atoms with Crippen LogP contribution >= 0.6 is 11.8 Å². The van der Waals surface area contributed by atoms with Crippen LogP contribution in [-0.4, -0.2) is 45.9 Å². The fourth-order valence-electron chi connectivity index (χ4n) is 1.85. The zero-order valence-corrected chi connectivity index (χ0v) is 14.4. The number of thioether (sulfide) groups is 1. The molecule has 0 atom stereocenters. The topological polar surface area (TPSA) is 55.4 Å². The quantitative estimate of drug-likeness (QED) is 0.498. The summed E-state index contributed by atoms with van der Waals surface area (Å²) in [5.74, 6) is 1.15. The second-order valence-electron chi connectivity index (χ2n) is 4.82. The summed E-state index contributed by atoms with van der Waals surface area (Å²) in [4.78, 5) is 1.12. The molecule has 0 bridgehead atoms. The number of hydrogen-bond donors (Lipinski definition) is 1.